The van der Waals surface area contributed by atoms with E-state index in [1.165, 1.54) is 11.8 Å². The van der Waals surface area contributed by atoms with E-state index in [9.17, 15) is 13.2 Å². The second-order valence-corrected chi connectivity index (χ2v) is 7.91. The summed E-state index contributed by atoms with van der Waals surface area (Å²) in [7, 11) is -3.60. The smallest absolute Gasteiger partial charge is 0.240 e. The first-order valence-electron chi connectivity index (χ1n) is 8.45. The summed E-state index contributed by atoms with van der Waals surface area (Å²) >= 11 is 0. The van der Waals surface area contributed by atoms with Crippen LogP contribution in [0.3, 0.4) is 0 Å². The normalized spacial score (nSPS) is 14.1. The summed E-state index contributed by atoms with van der Waals surface area (Å²) in [5.74, 6) is 0.424. The van der Waals surface area contributed by atoms with Gasteiger partial charge < -0.3 is 9.73 Å². The molecule has 6 nitrogen and oxygen atoms in total. The summed E-state index contributed by atoms with van der Waals surface area (Å²) in [6.07, 6.45) is 5.80. The van der Waals surface area contributed by atoms with Crippen LogP contribution in [0.5, 0.6) is 0 Å². The number of sulfonamides is 1. The number of amides is 1. The molecular weight excluding hydrogens is 340 g/mol. The molecule has 1 amide bonds. The lowest BCUT2D eigenvalue weighted by Gasteiger charge is -2.16. The van der Waals surface area contributed by atoms with Crippen molar-refractivity contribution < 1.29 is 17.6 Å². The topological polar surface area (TPSA) is 88.4 Å². The standard InChI is InChI=1S/C18H22N2O4S/c21-18(19-13-16-6-3-11-24-16)9-10-20-25(22,23)17-8-7-14-4-1-2-5-15(14)12-17/h3,6-8,11-12,20H,1-2,4-5,9-10,13H2,(H,19,21). The van der Waals surface area contributed by atoms with E-state index in [0.29, 0.717) is 12.3 Å². The average molecular weight is 362 g/mol. The van der Waals surface area contributed by atoms with E-state index < -0.39 is 10.0 Å². The van der Waals surface area contributed by atoms with Crippen LogP contribution in [0.15, 0.2) is 45.9 Å². The van der Waals surface area contributed by atoms with E-state index in [2.05, 4.69) is 10.0 Å². The number of rotatable bonds is 7. The van der Waals surface area contributed by atoms with E-state index in [-0.39, 0.29) is 23.8 Å². The quantitative estimate of drug-likeness (QED) is 0.790. The number of hydrogen-bond donors (Lipinski definition) is 2. The number of nitrogens with one attached hydrogen (secondary N) is 2. The van der Waals surface area contributed by atoms with Gasteiger partial charge in [0.25, 0.3) is 0 Å². The van der Waals surface area contributed by atoms with E-state index in [1.54, 1.807) is 24.3 Å². The molecule has 3 rings (SSSR count). The number of aryl methyl sites for hydroxylation is 2. The molecular formula is C18H22N2O4S. The van der Waals surface area contributed by atoms with Gasteiger partial charge in [-0.2, -0.15) is 0 Å². The Morgan fingerprint density at radius 3 is 2.68 bits per heavy atom. The zero-order valence-corrected chi connectivity index (χ0v) is 14.8. The summed E-state index contributed by atoms with van der Waals surface area (Å²) in [5.41, 5.74) is 2.35. The Morgan fingerprint density at radius 1 is 1.12 bits per heavy atom. The number of furan rings is 1. The summed E-state index contributed by atoms with van der Waals surface area (Å²) in [6.45, 7) is 0.354. The maximum atomic E-state index is 12.4. The fraction of sp³-hybridized carbons (Fsp3) is 0.389. The lowest BCUT2D eigenvalue weighted by atomic mass is 9.92. The van der Waals surface area contributed by atoms with Crippen LogP contribution >= 0.6 is 0 Å². The van der Waals surface area contributed by atoms with Gasteiger partial charge in [0.2, 0.25) is 15.9 Å². The Morgan fingerprint density at radius 2 is 1.92 bits per heavy atom. The summed E-state index contributed by atoms with van der Waals surface area (Å²) in [5, 5.41) is 2.68. The highest BCUT2D eigenvalue weighted by atomic mass is 32.2. The fourth-order valence-electron chi connectivity index (χ4n) is 2.95. The van der Waals surface area contributed by atoms with E-state index in [4.69, 9.17) is 4.42 Å². The molecule has 0 atom stereocenters. The van der Waals surface area contributed by atoms with Gasteiger partial charge in [-0.25, -0.2) is 13.1 Å². The van der Waals surface area contributed by atoms with Gasteiger partial charge in [0.15, 0.2) is 0 Å². The highest BCUT2D eigenvalue weighted by molar-refractivity contribution is 7.89. The van der Waals surface area contributed by atoms with Gasteiger partial charge in [0.1, 0.15) is 5.76 Å². The van der Waals surface area contributed by atoms with Crippen LogP contribution in [-0.4, -0.2) is 20.9 Å². The Hall–Kier alpha value is -2.12. The molecule has 0 fully saturated rings. The van der Waals surface area contributed by atoms with Crippen LogP contribution in [0.1, 0.15) is 36.1 Å². The Kier molecular flexibility index (Phi) is 5.55. The first kappa shape index (κ1) is 17.7. The van der Waals surface area contributed by atoms with Gasteiger partial charge >= 0.3 is 0 Å². The molecule has 25 heavy (non-hydrogen) atoms. The summed E-state index contributed by atoms with van der Waals surface area (Å²) in [4.78, 5) is 12.0. The molecule has 1 heterocycles. The largest absolute Gasteiger partial charge is 0.467 e. The predicted molar refractivity (Wildman–Crippen MR) is 93.4 cm³/mol. The molecule has 0 spiro atoms. The van der Waals surface area contributed by atoms with Crippen molar-refractivity contribution in [2.24, 2.45) is 0 Å². The third kappa shape index (κ3) is 4.70. The van der Waals surface area contributed by atoms with Crippen molar-refractivity contribution in [3.63, 3.8) is 0 Å². The highest BCUT2D eigenvalue weighted by Crippen LogP contribution is 2.23. The van der Waals surface area contributed by atoms with Crippen molar-refractivity contribution in [2.75, 3.05) is 6.54 Å². The molecule has 134 valence electrons. The van der Waals surface area contributed by atoms with E-state index >= 15 is 0 Å². The number of fused-ring (bicyclic) bond motifs is 1. The molecule has 0 saturated carbocycles. The third-order valence-electron chi connectivity index (χ3n) is 4.31. The van der Waals surface area contributed by atoms with E-state index in [1.807, 2.05) is 6.07 Å². The zero-order valence-electron chi connectivity index (χ0n) is 14.0. The molecule has 1 aromatic carbocycles. The van der Waals surface area contributed by atoms with Crippen molar-refractivity contribution in [3.8, 4) is 0 Å². The number of carbonyl (C=O) groups excluding carboxylic acids is 1. The Balaban J connectivity index is 1.50. The number of carbonyl (C=O) groups is 1. The third-order valence-corrected chi connectivity index (χ3v) is 5.77. The van der Waals surface area contributed by atoms with Gasteiger partial charge in [0, 0.05) is 13.0 Å². The van der Waals surface area contributed by atoms with Gasteiger partial charge in [-0.15, -0.1) is 0 Å². The minimum atomic E-state index is -3.60. The van der Waals surface area contributed by atoms with Crippen LogP contribution in [0.4, 0.5) is 0 Å². The predicted octanol–water partition coefficient (Wildman–Crippen LogP) is 2.14. The molecule has 1 aromatic heterocycles. The molecule has 0 bridgehead atoms. The lowest BCUT2D eigenvalue weighted by molar-refractivity contribution is -0.121. The van der Waals surface area contributed by atoms with Crippen molar-refractivity contribution >= 4 is 15.9 Å². The molecule has 0 radical (unpaired) electrons. The second-order valence-electron chi connectivity index (χ2n) is 6.14. The van der Waals surface area contributed by atoms with Crippen LogP contribution in [0.2, 0.25) is 0 Å². The van der Waals surface area contributed by atoms with Gasteiger partial charge in [-0.05, 0) is 61.1 Å². The molecule has 0 saturated heterocycles. The Bertz CT molecular complexity index is 829. The van der Waals surface area contributed by atoms with Gasteiger partial charge in [-0.1, -0.05) is 6.07 Å². The van der Waals surface area contributed by atoms with Crippen molar-refractivity contribution in [3.05, 3.63) is 53.5 Å². The monoisotopic (exact) mass is 362 g/mol. The van der Waals surface area contributed by atoms with E-state index in [0.717, 1.165) is 31.2 Å². The summed E-state index contributed by atoms with van der Waals surface area (Å²) in [6, 6.07) is 8.81. The number of benzene rings is 1. The molecule has 2 N–H and O–H groups in total. The van der Waals surface area contributed by atoms with Crippen LogP contribution in [-0.2, 0) is 34.2 Å². The highest BCUT2D eigenvalue weighted by Gasteiger charge is 2.17. The maximum absolute atomic E-state index is 12.4. The minimum absolute atomic E-state index is 0.0589. The van der Waals surface area contributed by atoms with Crippen molar-refractivity contribution in [1.29, 1.82) is 0 Å². The molecule has 1 aliphatic rings. The molecule has 0 unspecified atom stereocenters. The number of hydrogen-bond acceptors (Lipinski definition) is 4. The van der Waals surface area contributed by atoms with Gasteiger partial charge in [-0.3, -0.25) is 4.79 Å². The molecule has 2 aromatic rings. The van der Waals surface area contributed by atoms with Gasteiger partial charge in [0.05, 0.1) is 17.7 Å². The average Bonchev–Trinajstić information content (AvgIpc) is 3.13. The molecule has 0 aliphatic heterocycles. The summed E-state index contributed by atoms with van der Waals surface area (Å²) < 4.78 is 32.4. The van der Waals surface area contributed by atoms with Crippen molar-refractivity contribution in [2.45, 2.75) is 43.5 Å². The SMILES string of the molecule is O=C(CCNS(=O)(=O)c1ccc2c(c1)CCCC2)NCc1ccco1. The van der Waals surface area contributed by atoms with Crippen molar-refractivity contribution in [1.82, 2.24) is 10.0 Å². The van der Waals surface area contributed by atoms with Crippen LogP contribution in [0.25, 0.3) is 0 Å². The fourth-order valence-corrected chi connectivity index (χ4v) is 4.03. The second kappa shape index (κ2) is 7.84. The van der Waals surface area contributed by atoms with Crippen LogP contribution in [0, 0.1) is 0 Å². The Labute approximate surface area is 147 Å². The molecule has 7 heteroatoms. The molecule has 1 aliphatic carbocycles. The first-order chi connectivity index (χ1) is 12.0. The van der Waals surface area contributed by atoms with Crippen LogP contribution < -0.4 is 10.0 Å². The first-order valence-corrected chi connectivity index (χ1v) is 9.93. The lowest BCUT2D eigenvalue weighted by Crippen LogP contribution is -2.30. The zero-order chi connectivity index (χ0) is 17.7. The maximum Gasteiger partial charge on any atom is 0.240 e. The minimum Gasteiger partial charge on any atom is -0.467 e.